The van der Waals surface area contributed by atoms with Crippen molar-refractivity contribution in [2.24, 2.45) is 11.3 Å². The SMILES string of the molecule is CCN(C(=O)c1cc(F)ccc1Oc1nncnc1N1CCC2(C1)CN(C(CCCN(C)CCCC(=O)N(C)C)C(C)C)C2)C(C)C.O=C(O)/C=C/C(=O)O. The van der Waals surface area contributed by atoms with E-state index < -0.39 is 17.8 Å². The van der Waals surface area contributed by atoms with Gasteiger partial charge in [-0.05, 0) is 90.7 Å². The first kappa shape index (κ1) is 44.7. The molecule has 3 heterocycles. The predicted molar refractivity (Wildman–Crippen MR) is 207 cm³/mol. The summed E-state index contributed by atoms with van der Waals surface area (Å²) in [6, 6.07) is 4.46. The molecule has 15 nitrogen and oxygen atoms in total. The van der Waals surface area contributed by atoms with Crippen LogP contribution in [0.1, 0.15) is 77.1 Å². The Hall–Kier alpha value is -4.70. The van der Waals surface area contributed by atoms with Crippen molar-refractivity contribution < 1.29 is 38.5 Å². The van der Waals surface area contributed by atoms with Crippen LogP contribution >= 0.6 is 0 Å². The van der Waals surface area contributed by atoms with Crippen LogP contribution in [0.25, 0.3) is 0 Å². The summed E-state index contributed by atoms with van der Waals surface area (Å²) in [7, 11) is 5.77. The molecule has 1 spiro atoms. The van der Waals surface area contributed by atoms with Crippen molar-refractivity contribution >= 4 is 29.6 Å². The fourth-order valence-corrected chi connectivity index (χ4v) is 7.21. The van der Waals surface area contributed by atoms with Crippen LogP contribution in [0.15, 0.2) is 36.7 Å². The molecular formula is C39H59FN8O7. The Morgan fingerprint density at radius 2 is 1.65 bits per heavy atom. The number of halogens is 1. The minimum atomic E-state index is -1.26. The normalized spacial score (nSPS) is 15.6. The number of amides is 2. The molecule has 1 aromatic heterocycles. The first-order valence-corrected chi connectivity index (χ1v) is 18.9. The lowest BCUT2D eigenvalue weighted by atomic mass is 9.76. The van der Waals surface area contributed by atoms with Gasteiger partial charge >= 0.3 is 11.9 Å². The summed E-state index contributed by atoms with van der Waals surface area (Å²) in [6.45, 7) is 16.6. The number of carbonyl (C=O) groups is 4. The number of carboxylic acid groups (broad SMARTS) is 2. The number of anilines is 1. The number of nitrogens with zero attached hydrogens (tertiary/aromatic N) is 8. The van der Waals surface area contributed by atoms with Gasteiger partial charge in [0.15, 0.2) is 5.82 Å². The molecule has 55 heavy (non-hydrogen) atoms. The molecule has 2 N–H and O–H groups in total. The predicted octanol–water partition coefficient (Wildman–Crippen LogP) is 4.50. The topological polar surface area (TPSA) is 173 Å². The van der Waals surface area contributed by atoms with Crippen LogP contribution in [0.2, 0.25) is 0 Å². The Labute approximate surface area is 324 Å². The molecule has 0 saturated carbocycles. The van der Waals surface area contributed by atoms with Gasteiger partial charge in [0.05, 0.1) is 5.56 Å². The number of hydrogen-bond acceptors (Lipinski definition) is 11. The lowest BCUT2D eigenvalue weighted by Gasteiger charge is -2.53. The van der Waals surface area contributed by atoms with E-state index in [1.165, 1.54) is 24.5 Å². The average Bonchev–Trinajstić information content (AvgIpc) is 3.55. The molecule has 2 fully saturated rings. The molecule has 2 aliphatic rings. The van der Waals surface area contributed by atoms with Crippen molar-refractivity contribution in [3.63, 3.8) is 0 Å². The monoisotopic (exact) mass is 770 g/mol. The van der Waals surface area contributed by atoms with Gasteiger partial charge in [-0.2, -0.15) is 0 Å². The first-order chi connectivity index (χ1) is 26.0. The van der Waals surface area contributed by atoms with Gasteiger partial charge in [-0.15, -0.1) is 10.2 Å². The van der Waals surface area contributed by atoms with E-state index in [4.69, 9.17) is 14.9 Å². The number of ether oxygens (including phenoxy) is 1. The highest BCUT2D eigenvalue weighted by molar-refractivity contribution is 5.97. The van der Waals surface area contributed by atoms with Crippen LogP contribution in [-0.4, -0.2) is 148 Å². The fourth-order valence-electron chi connectivity index (χ4n) is 7.21. The molecule has 2 aliphatic heterocycles. The smallest absolute Gasteiger partial charge is 0.328 e. The molecule has 4 rings (SSSR count). The van der Waals surface area contributed by atoms with Crippen molar-refractivity contribution in [3.8, 4) is 11.6 Å². The van der Waals surface area contributed by atoms with Crippen LogP contribution in [0.3, 0.4) is 0 Å². The van der Waals surface area contributed by atoms with Gasteiger partial charge in [0, 0.05) is 82.9 Å². The summed E-state index contributed by atoms with van der Waals surface area (Å²) in [5.74, 6) is -1.54. The zero-order chi connectivity index (χ0) is 40.9. The second-order valence-corrected chi connectivity index (χ2v) is 15.3. The molecular weight excluding hydrogens is 711 g/mol. The number of carboxylic acids is 2. The summed E-state index contributed by atoms with van der Waals surface area (Å²) in [6.07, 6.45) is 7.35. The third kappa shape index (κ3) is 13.2. The van der Waals surface area contributed by atoms with Crippen LogP contribution in [0, 0.1) is 17.2 Å². The maximum atomic E-state index is 14.3. The van der Waals surface area contributed by atoms with E-state index in [1.54, 1.807) is 9.80 Å². The Balaban J connectivity index is 0.000000912. The van der Waals surface area contributed by atoms with E-state index in [9.17, 15) is 23.6 Å². The number of aromatic nitrogens is 3. The van der Waals surface area contributed by atoms with Crippen LogP contribution in [-0.2, 0) is 14.4 Å². The standard InChI is InChI=1S/C35H55FN8O3.C4H4O4/c1-9-44(26(4)5)34(46)28-20-27(36)14-15-30(28)47-33-32(37-24-38-39-33)42-19-16-35(21-42)22-43(23-35)29(25(2)3)12-10-17-41(8)18-11-13-31(45)40(6)7;5-3(6)1-2-4(7)8/h14-15,20,24-26,29H,9-13,16-19,21-23H2,1-8H3;1-2H,(H,5,6)(H,7,8)/b;2-1+. The highest BCUT2D eigenvalue weighted by Gasteiger charge is 2.50. The van der Waals surface area contributed by atoms with Gasteiger partial charge in [-0.25, -0.2) is 19.0 Å². The quantitative estimate of drug-likeness (QED) is 0.203. The van der Waals surface area contributed by atoms with Gasteiger partial charge in [0.2, 0.25) is 5.91 Å². The number of likely N-dealkylation sites (tertiary alicyclic amines) is 1. The Bertz CT molecular complexity index is 1620. The van der Waals surface area contributed by atoms with Crippen molar-refractivity contribution in [2.75, 3.05) is 71.9 Å². The molecule has 2 aromatic rings. The summed E-state index contributed by atoms with van der Waals surface area (Å²) in [4.78, 5) is 59.4. The van der Waals surface area contributed by atoms with Crippen molar-refractivity contribution in [3.05, 3.63) is 48.1 Å². The van der Waals surface area contributed by atoms with E-state index in [0.717, 1.165) is 65.0 Å². The Morgan fingerprint density at radius 3 is 2.24 bits per heavy atom. The highest BCUT2D eigenvalue weighted by atomic mass is 19.1. The summed E-state index contributed by atoms with van der Waals surface area (Å²) in [5, 5.41) is 23.8. The molecule has 0 bridgehead atoms. The maximum absolute atomic E-state index is 14.3. The van der Waals surface area contributed by atoms with E-state index in [-0.39, 0.29) is 40.5 Å². The zero-order valence-electron chi connectivity index (χ0n) is 33.6. The molecule has 0 aliphatic carbocycles. The van der Waals surface area contributed by atoms with E-state index in [2.05, 4.69) is 50.8 Å². The van der Waals surface area contributed by atoms with E-state index in [1.807, 2.05) is 34.9 Å². The van der Waals surface area contributed by atoms with Crippen molar-refractivity contribution in [1.29, 1.82) is 0 Å². The molecule has 1 atom stereocenters. The van der Waals surface area contributed by atoms with E-state index >= 15 is 0 Å². The average molecular weight is 771 g/mol. The molecule has 304 valence electrons. The molecule has 16 heteroatoms. The van der Waals surface area contributed by atoms with Crippen molar-refractivity contribution in [1.82, 2.24) is 34.8 Å². The molecule has 1 unspecified atom stereocenters. The van der Waals surface area contributed by atoms with Gasteiger partial charge < -0.3 is 34.5 Å². The summed E-state index contributed by atoms with van der Waals surface area (Å²) in [5.41, 5.74) is 0.330. The molecule has 2 amide bonds. The molecule has 2 saturated heterocycles. The number of benzene rings is 1. The molecule has 1 aromatic carbocycles. The minimum Gasteiger partial charge on any atom is -0.478 e. The fraction of sp³-hybridized carbons (Fsp3) is 0.615. The summed E-state index contributed by atoms with van der Waals surface area (Å²) < 4.78 is 20.5. The number of hydrogen-bond donors (Lipinski definition) is 2. The second kappa shape index (κ2) is 20.8. The van der Waals surface area contributed by atoms with Gasteiger partial charge in [-0.3, -0.25) is 14.5 Å². The first-order valence-electron chi connectivity index (χ1n) is 18.9. The number of aliphatic carboxylic acids is 2. The third-order valence-corrected chi connectivity index (χ3v) is 10.1. The van der Waals surface area contributed by atoms with Crippen LogP contribution < -0.4 is 9.64 Å². The Kier molecular flexibility index (Phi) is 16.9. The van der Waals surface area contributed by atoms with Crippen molar-refractivity contribution in [2.45, 2.75) is 78.8 Å². The van der Waals surface area contributed by atoms with Crippen LogP contribution in [0.4, 0.5) is 10.2 Å². The largest absolute Gasteiger partial charge is 0.478 e. The lowest BCUT2D eigenvalue weighted by molar-refractivity contribution is -0.134. The van der Waals surface area contributed by atoms with Gasteiger partial charge in [0.25, 0.3) is 11.8 Å². The maximum Gasteiger partial charge on any atom is 0.328 e. The lowest BCUT2D eigenvalue weighted by Crippen LogP contribution is -2.62. The number of rotatable bonds is 18. The zero-order valence-corrected chi connectivity index (χ0v) is 33.6. The number of carbonyl (C=O) groups excluding carboxylic acids is 2. The highest BCUT2D eigenvalue weighted by Crippen LogP contribution is 2.44. The van der Waals surface area contributed by atoms with Gasteiger partial charge in [0.1, 0.15) is 17.9 Å². The van der Waals surface area contributed by atoms with Crippen LogP contribution in [0.5, 0.6) is 11.6 Å². The minimum absolute atomic E-state index is 0.0482. The third-order valence-electron chi connectivity index (χ3n) is 10.1. The van der Waals surface area contributed by atoms with Gasteiger partial charge in [-0.1, -0.05) is 13.8 Å². The van der Waals surface area contributed by atoms with E-state index in [0.29, 0.717) is 42.9 Å². The second-order valence-electron chi connectivity index (χ2n) is 15.3. The summed E-state index contributed by atoms with van der Waals surface area (Å²) >= 11 is 0. The molecule has 0 radical (unpaired) electrons. The Morgan fingerprint density at radius 1 is 1.00 bits per heavy atom.